The van der Waals surface area contributed by atoms with Crippen LogP contribution in [-0.4, -0.2) is 0 Å². The maximum absolute atomic E-state index is 14.7. The summed E-state index contributed by atoms with van der Waals surface area (Å²) in [6.07, 6.45) is 0.127. The van der Waals surface area contributed by atoms with Crippen LogP contribution in [0, 0.1) is 29.2 Å². The third-order valence-corrected chi connectivity index (χ3v) is 6.22. The van der Waals surface area contributed by atoms with Gasteiger partial charge in [0.05, 0.1) is 5.56 Å². The predicted molar refractivity (Wildman–Crippen MR) is 113 cm³/mol. The number of benzene rings is 3. The number of ether oxygens (including phenoxy) is 1. The van der Waals surface area contributed by atoms with Crippen LogP contribution in [-0.2, 0) is 6.11 Å². The van der Waals surface area contributed by atoms with E-state index in [9.17, 15) is 26.3 Å². The monoisotopic (exact) mass is 464 g/mol. The quantitative estimate of drug-likeness (QED) is 0.272. The van der Waals surface area contributed by atoms with Crippen molar-refractivity contribution in [3.8, 4) is 16.9 Å². The van der Waals surface area contributed by atoms with Gasteiger partial charge < -0.3 is 4.74 Å². The number of hydrogen-bond acceptors (Lipinski definition) is 1. The fourth-order valence-corrected chi connectivity index (χ4v) is 4.22. The Balaban J connectivity index is 1.50. The molecule has 1 aliphatic carbocycles. The van der Waals surface area contributed by atoms with Crippen LogP contribution in [0.15, 0.2) is 54.6 Å². The average Bonchev–Trinajstić information content (AvgIpc) is 2.79. The number of halogens is 6. The minimum Gasteiger partial charge on any atom is -0.426 e. The van der Waals surface area contributed by atoms with E-state index in [0.29, 0.717) is 5.92 Å². The zero-order valence-electron chi connectivity index (χ0n) is 17.9. The molecule has 0 unspecified atom stereocenters. The molecule has 0 N–H and O–H groups in total. The zero-order chi connectivity index (χ0) is 23.8. The molecule has 7 heteroatoms. The Bertz CT molecular complexity index is 1110. The van der Waals surface area contributed by atoms with Gasteiger partial charge in [0.15, 0.2) is 29.0 Å². The summed E-state index contributed by atoms with van der Waals surface area (Å²) in [7, 11) is 0. The number of rotatable bonds is 5. The van der Waals surface area contributed by atoms with Crippen LogP contribution in [0.2, 0.25) is 0 Å². The minimum atomic E-state index is -3.85. The molecule has 0 aliphatic heterocycles. The van der Waals surface area contributed by atoms with Gasteiger partial charge in [-0.15, -0.1) is 0 Å². The summed E-state index contributed by atoms with van der Waals surface area (Å²) < 4.78 is 88.6. The summed E-state index contributed by atoms with van der Waals surface area (Å²) in [5.74, 6) is -4.96. The molecule has 0 spiro atoms. The Morgan fingerprint density at radius 3 is 1.91 bits per heavy atom. The molecule has 0 bridgehead atoms. The van der Waals surface area contributed by atoms with Crippen LogP contribution >= 0.6 is 0 Å². The van der Waals surface area contributed by atoms with Gasteiger partial charge in [-0.3, -0.25) is 0 Å². The van der Waals surface area contributed by atoms with Crippen LogP contribution < -0.4 is 4.74 Å². The summed E-state index contributed by atoms with van der Waals surface area (Å²) in [5.41, 5.74) is 0.392. The molecule has 0 heterocycles. The average molecular weight is 464 g/mol. The second kappa shape index (κ2) is 9.12. The van der Waals surface area contributed by atoms with E-state index in [4.69, 9.17) is 4.74 Å². The van der Waals surface area contributed by atoms with Crippen LogP contribution in [0.1, 0.15) is 49.7 Å². The first kappa shape index (κ1) is 23.2. The van der Waals surface area contributed by atoms with Crippen molar-refractivity contribution >= 4 is 0 Å². The van der Waals surface area contributed by atoms with E-state index in [1.807, 2.05) is 0 Å². The molecular weight excluding hydrogens is 442 g/mol. The van der Waals surface area contributed by atoms with Crippen molar-refractivity contribution in [2.45, 2.75) is 44.6 Å². The van der Waals surface area contributed by atoms with Crippen LogP contribution in [0.5, 0.6) is 5.75 Å². The molecule has 0 aromatic heterocycles. The third kappa shape index (κ3) is 5.02. The molecule has 3 aromatic carbocycles. The van der Waals surface area contributed by atoms with Gasteiger partial charge in [0, 0.05) is 0 Å². The van der Waals surface area contributed by atoms with Gasteiger partial charge in [0.1, 0.15) is 0 Å². The molecule has 4 rings (SSSR count). The summed E-state index contributed by atoms with van der Waals surface area (Å²) in [6.45, 7) is 2.18. The summed E-state index contributed by atoms with van der Waals surface area (Å²) in [5, 5.41) is 0. The van der Waals surface area contributed by atoms with Crippen molar-refractivity contribution in [3.05, 3.63) is 89.0 Å². The molecular formula is C26H22F6O. The second-order valence-electron chi connectivity index (χ2n) is 8.60. The lowest BCUT2D eigenvalue weighted by Crippen LogP contribution is -2.22. The highest BCUT2D eigenvalue weighted by molar-refractivity contribution is 5.64. The first-order chi connectivity index (χ1) is 15.6. The molecule has 1 saturated carbocycles. The second-order valence-corrected chi connectivity index (χ2v) is 8.60. The standard InChI is InChI=1S/C26H22F6O/c1-15-2-4-16(5-3-15)18-8-11-24(21(27)12-18)33-26(31,32)20-9-6-17(7-10-20)19-13-22(28)25(30)23(29)14-19/h6-16H,2-5H2,1H3. The molecule has 1 nitrogen and oxygen atoms in total. The van der Waals surface area contributed by atoms with Gasteiger partial charge in [-0.25, -0.2) is 17.6 Å². The lowest BCUT2D eigenvalue weighted by molar-refractivity contribution is -0.186. The molecule has 1 aliphatic rings. The van der Waals surface area contributed by atoms with Gasteiger partial charge in [-0.1, -0.05) is 38.0 Å². The Labute approximate surface area is 188 Å². The van der Waals surface area contributed by atoms with Gasteiger partial charge in [0.2, 0.25) is 0 Å². The molecule has 1 fully saturated rings. The molecule has 0 radical (unpaired) electrons. The van der Waals surface area contributed by atoms with E-state index < -0.39 is 40.7 Å². The lowest BCUT2D eigenvalue weighted by atomic mass is 9.79. The smallest absolute Gasteiger partial charge is 0.426 e. The highest BCUT2D eigenvalue weighted by Crippen LogP contribution is 2.39. The molecule has 0 atom stereocenters. The Morgan fingerprint density at radius 1 is 0.727 bits per heavy atom. The normalized spacial score (nSPS) is 18.9. The van der Waals surface area contributed by atoms with Gasteiger partial charge >= 0.3 is 6.11 Å². The number of alkyl halides is 2. The van der Waals surface area contributed by atoms with E-state index >= 15 is 0 Å². The first-order valence-corrected chi connectivity index (χ1v) is 10.8. The first-order valence-electron chi connectivity index (χ1n) is 10.8. The van der Waals surface area contributed by atoms with Crippen molar-refractivity contribution in [2.75, 3.05) is 0 Å². The molecule has 0 saturated heterocycles. The van der Waals surface area contributed by atoms with Gasteiger partial charge in [-0.05, 0) is 77.8 Å². The fraction of sp³-hybridized carbons (Fsp3) is 0.308. The van der Waals surface area contributed by atoms with E-state index in [0.717, 1.165) is 55.5 Å². The van der Waals surface area contributed by atoms with Crippen LogP contribution in [0.3, 0.4) is 0 Å². The fourth-order valence-electron chi connectivity index (χ4n) is 4.22. The molecule has 3 aromatic rings. The Hall–Kier alpha value is -2.96. The maximum atomic E-state index is 14.7. The van der Waals surface area contributed by atoms with Crippen molar-refractivity contribution in [1.82, 2.24) is 0 Å². The minimum absolute atomic E-state index is 0.0130. The van der Waals surface area contributed by atoms with E-state index in [1.54, 1.807) is 6.07 Å². The SMILES string of the molecule is CC1CCC(c2ccc(OC(F)(F)c3ccc(-c4cc(F)c(F)c(F)c4)cc3)c(F)c2)CC1. The van der Waals surface area contributed by atoms with E-state index in [1.165, 1.54) is 24.3 Å². The third-order valence-electron chi connectivity index (χ3n) is 6.22. The van der Waals surface area contributed by atoms with Gasteiger partial charge in [-0.2, -0.15) is 8.78 Å². The Morgan fingerprint density at radius 2 is 1.33 bits per heavy atom. The van der Waals surface area contributed by atoms with E-state index in [2.05, 4.69) is 6.92 Å². The lowest BCUT2D eigenvalue weighted by Gasteiger charge is -2.27. The Kier molecular flexibility index (Phi) is 6.41. The summed E-state index contributed by atoms with van der Waals surface area (Å²) in [6, 6.07) is 10.0. The van der Waals surface area contributed by atoms with Crippen molar-refractivity contribution in [2.24, 2.45) is 5.92 Å². The molecule has 174 valence electrons. The topological polar surface area (TPSA) is 9.23 Å². The zero-order valence-corrected chi connectivity index (χ0v) is 17.9. The van der Waals surface area contributed by atoms with Crippen molar-refractivity contribution < 1.29 is 31.1 Å². The van der Waals surface area contributed by atoms with Crippen molar-refractivity contribution in [1.29, 1.82) is 0 Å². The molecule has 0 amide bonds. The highest BCUT2D eigenvalue weighted by Gasteiger charge is 2.35. The van der Waals surface area contributed by atoms with Gasteiger partial charge in [0.25, 0.3) is 0 Å². The largest absolute Gasteiger partial charge is 0.426 e. The maximum Gasteiger partial charge on any atom is 0.426 e. The predicted octanol–water partition coefficient (Wildman–Crippen LogP) is 8.33. The van der Waals surface area contributed by atoms with Crippen LogP contribution in [0.4, 0.5) is 26.3 Å². The van der Waals surface area contributed by atoms with Crippen molar-refractivity contribution in [3.63, 3.8) is 0 Å². The highest BCUT2D eigenvalue weighted by atomic mass is 19.3. The number of hydrogen-bond donors (Lipinski definition) is 0. The summed E-state index contributed by atoms with van der Waals surface area (Å²) >= 11 is 0. The van der Waals surface area contributed by atoms with Crippen LogP contribution in [0.25, 0.3) is 11.1 Å². The molecule has 33 heavy (non-hydrogen) atoms. The summed E-state index contributed by atoms with van der Waals surface area (Å²) in [4.78, 5) is 0. The van der Waals surface area contributed by atoms with E-state index in [-0.39, 0.29) is 17.0 Å².